The first-order chi connectivity index (χ1) is 7.69. The predicted octanol–water partition coefficient (Wildman–Crippen LogP) is 2.30. The Kier molecular flexibility index (Phi) is 4.41. The van der Waals surface area contributed by atoms with Crippen molar-refractivity contribution in [2.24, 2.45) is 0 Å². The van der Waals surface area contributed by atoms with Gasteiger partial charge in [-0.15, -0.1) is 6.42 Å². The van der Waals surface area contributed by atoms with Gasteiger partial charge in [-0.3, -0.25) is 4.79 Å². The third-order valence-corrected chi connectivity index (χ3v) is 1.95. The highest BCUT2D eigenvalue weighted by atomic mass is 16.5. The minimum Gasteiger partial charge on any atom is -0.493 e. The Bertz CT molecular complexity index is 416. The summed E-state index contributed by atoms with van der Waals surface area (Å²) in [5.41, 5.74) is 0.551. The van der Waals surface area contributed by atoms with Gasteiger partial charge in [0, 0.05) is 6.07 Å². The molecule has 1 rings (SSSR count). The van der Waals surface area contributed by atoms with E-state index in [4.69, 9.17) is 15.9 Å². The molecule has 0 fully saturated rings. The predicted molar refractivity (Wildman–Crippen MR) is 61.9 cm³/mol. The summed E-state index contributed by atoms with van der Waals surface area (Å²) in [5.74, 6) is 3.47. The molecule has 3 nitrogen and oxygen atoms in total. The van der Waals surface area contributed by atoms with Crippen LogP contribution in [0.15, 0.2) is 18.2 Å². The maximum Gasteiger partial charge on any atom is 0.163 e. The van der Waals surface area contributed by atoms with E-state index in [-0.39, 0.29) is 12.4 Å². The summed E-state index contributed by atoms with van der Waals surface area (Å²) >= 11 is 0. The van der Waals surface area contributed by atoms with Gasteiger partial charge in [0.2, 0.25) is 0 Å². The number of Topliss-reactive ketones (excluding diaryl/α,β-unsaturated/α-hetero) is 1. The molecule has 0 amide bonds. The van der Waals surface area contributed by atoms with E-state index < -0.39 is 0 Å². The Morgan fingerprint density at radius 2 is 2.19 bits per heavy atom. The second-order valence-corrected chi connectivity index (χ2v) is 3.14. The van der Waals surface area contributed by atoms with Gasteiger partial charge in [-0.1, -0.05) is 5.92 Å². The third-order valence-electron chi connectivity index (χ3n) is 1.95. The molecule has 0 aliphatic rings. The Morgan fingerprint density at radius 3 is 2.75 bits per heavy atom. The zero-order chi connectivity index (χ0) is 12.0. The number of hydrogen-bond donors (Lipinski definition) is 0. The summed E-state index contributed by atoms with van der Waals surface area (Å²) in [6, 6.07) is 5.06. The van der Waals surface area contributed by atoms with Gasteiger partial charge in [-0.05, 0) is 26.0 Å². The first-order valence-electron chi connectivity index (χ1n) is 5.03. The maximum absolute atomic E-state index is 11.3. The van der Waals surface area contributed by atoms with Crippen molar-refractivity contribution in [1.29, 1.82) is 0 Å². The number of ether oxygens (including phenoxy) is 2. The Balaban J connectivity index is 2.98. The molecule has 0 atom stereocenters. The van der Waals surface area contributed by atoms with E-state index in [9.17, 15) is 4.79 Å². The Hall–Kier alpha value is -1.95. The van der Waals surface area contributed by atoms with Gasteiger partial charge in [0.15, 0.2) is 5.78 Å². The molecule has 0 saturated heterocycles. The van der Waals surface area contributed by atoms with E-state index in [2.05, 4.69) is 5.92 Å². The number of carbonyl (C=O) groups excluding carboxylic acids is 1. The van der Waals surface area contributed by atoms with Crippen LogP contribution in [0.2, 0.25) is 0 Å². The van der Waals surface area contributed by atoms with Crippen LogP contribution in [0.25, 0.3) is 0 Å². The van der Waals surface area contributed by atoms with E-state index in [1.54, 1.807) is 18.2 Å². The van der Waals surface area contributed by atoms with Gasteiger partial charge < -0.3 is 9.47 Å². The van der Waals surface area contributed by atoms with Crippen LogP contribution in [0, 0.1) is 12.3 Å². The van der Waals surface area contributed by atoms with E-state index in [1.807, 2.05) is 6.92 Å². The van der Waals surface area contributed by atoms with E-state index >= 15 is 0 Å². The molecule has 0 aromatic heterocycles. The summed E-state index contributed by atoms with van der Waals surface area (Å²) in [4.78, 5) is 11.3. The van der Waals surface area contributed by atoms with Crippen LogP contribution < -0.4 is 9.47 Å². The van der Waals surface area contributed by atoms with Gasteiger partial charge >= 0.3 is 0 Å². The first kappa shape index (κ1) is 12.1. The third kappa shape index (κ3) is 3.03. The highest BCUT2D eigenvalue weighted by molar-refractivity contribution is 5.97. The number of hydrogen-bond acceptors (Lipinski definition) is 3. The maximum atomic E-state index is 11.3. The topological polar surface area (TPSA) is 35.5 Å². The highest BCUT2D eigenvalue weighted by Crippen LogP contribution is 2.25. The van der Waals surface area contributed by atoms with Crippen molar-refractivity contribution in [3.8, 4) is 23.8 Å². The van der Waals surface area contributed by atoms with Crippen LogP contribution >= 0.6 is 0 Å². The van der Waals surface area contributed by atoms with E-state index in [0.29, 0.717) is 23.7 Å². The molecule has 0 spiro atoms. The first-order valence-corrected chi connectivity index (χ1v) is 5.03. The summed E-state index contributed by atoms with van der Waals surface area (Å²) in [6.07, 6.45) is 5.09. The van der Waals surface area contributed by atoms with Crippen LogP contribution in [0.4, 0.5) is 0 Å². The number of benzene rings is 1. The minimum atomic E-state index is -0.0352. The van der Waals surface area contributed by atoms with Gasteiger partial charge in [-0.25, -0.2) is 0 Å². The molecule has 0 unspecified atom stereocenters. The average molecular weight is 218 g/mol. The number of carbonyl (C=O) groups is 1. The normalized spacial score (nSPS) is 9.31. The summed E-state index contributed by atoms with van der Waals surface area (Å²) in [7, 11) is 0. The molecule has 16 heavy (non-hydrogen) atoms. The largest absolute Gasteiger partial charge is 0.493 e. The lowest BCUT2D eigenvalue weighted by Gasteiger charge is -2.10. The smallest absolute Gasteiger partial charge is 0.163 e. The zero-order valence-corrected chi connectivity index (χ0v) is 9.45. The molecular formula is C13H14O3. The molecule has 0 aliphatic carbocycles. The molecule has 0 aliphatic heterocycles. The molecule has 0 N–H and O–H groups in total. The molecule has 0 radical (unpaired) electrons. The molecule has 0 heterocycles. The fourth-order valence-electron chi connectivity index (χ4n) is 1.28. The lowest BCUT2D eigenvalue weighted by atomic mass is 10.1. The van der Waals surface area contributed by atoms with Crippen LogP contribution in [0.3, 0.4) is 0 Å². The second kappa shape index (κ2) is 5.82. The van der Waals surface area contributed by atoms with Crippen LogP contribution in [0.1, 0.15) is 24.2 Å². The van der Waals surface area contributed by atoms with Crippen molar-refractivity contribution in [3.05, 3.63) is 23.8 Å². The highest BCUT2D eigenvalue weighted by Gasteiger charge is 2.09. The Labute approximate surface area is 95.4 Å². The molecule has 0 saturated carbocycles. The minimum absolute atomic E-state index is 0.0352. The fraction of sp³-hybridized carbons (Fsp3) is 0.308. The van der Waals surface area contributed by atoms with Crippen molar-refractivity contribution < 1.29 is 14.3 Å². The molecule has 0 bridgehead atoms. The number of ketones is 1. The van der Waals surface area contributed by atoms with E-state index in [1.165, 1.54) is 6.92 Å². The van der Waals surface area contributed by atoms with Crippen molar-refractivity contribution in [3.63, 3.8) is 0 Å². The summed E-state index contributed by atoms with van der Waals surface area (Å²) < 4.78 is 10.6. The monoisotopic (exact) mass is 218 g/mol. The lowest BCUT2D eigenvalue weighted by molar-refractivity contribution is 0.101. The zero-order valence-electron chi connectivity index (χ0n) is 9.45. The van der Waals surface area contributed by atoms with Crippen molar-refractivity contribution in [2.75, 3.05) is 13.2 Å². The lowest BCUT2D eigenvalue weighted by Crippen LogP contribution is -2.02. The van der Waals surface area contributed by atoms with Crippen molar-refractivity contribution >= 4 is 5.78 Å². The fourth-order valence-corrected chi connectivity index (χ4v) is 1.28. The summed E-state index contributed by atoms with van der Waals surface area (Å²) in [5, 5.41) is 0. The molecular weight excluding hydrogens is 204 g/mol. The molecule has 3 heteroatoms. The second-order valence-electron chi connectivity index (χ2n) is 3.14. The summed E-state index contributed by atoms with van der Waals surface area (Å²) in [6.45, 7) is 4.06. The molecule has 1 aromatic rings. The average Bonchev–Trinajstić information content (AvgIpc) is 2.26. The van der Waals surface area contributed by atoms with Gasteiger partial charge in [0.1, 0.15) is 18.1 Å². The number of terminal acetylenes is 1. The van der Waals surface area contributed by atoms with E-state index in [0.717, 1.165) is 0 Å². The van der Waals surface area contributed by atoms with Gasteiger partial charge in [-0.2, -0.15) is 0 Å². The van der Waals surface area contributed by atoms with Crippen molar-refractivity contribution in [2.45, 2.75) is 13.8 Å². The van der Waals surface area contributed by atoms with Crippen LogP contribution in [0.5, 0.6) is 11.5 Å². The van der Waals surface area contributed by atoms with Gasteiger partial charge in [0.05, 0.1) is 12.2 Å². The quantitative estimate of drug-likeness (QED) is 0.562. The van der Waals surface area contributed by atoms with Crippen molar-refractivity contribution in [1.82, 2.24) is 0 Å². The van der Waals surface area contributed by atoms with Crippen LogP contribution in [-0.4, -0.2) is 19.0 Å². The standard InChI is InChI=1S/C13H14O3/c1-4-8-16-11-6-7-12(10(3)14)13(9-11)15-5-2/h1,6-7,9H,5,8H2,2-3H3. The van der Waals surface area contributed by atoms with Gasteiger partial charge in [0.25, 0.3) is 0 Å². The Morgan fingerprint density at radius 1 is 1.44 bits per heavy atom. The van der Waals surface area contributed by atoms with Crippen LogP contribution in [-0.2, 0) is 0 Å². The molecule has 84 valence electrons. The molecule has 1 aromatic carbocycles. The number of rotatable bonds is 5. The SMILES string of the molecule is C#CCOc1ccc(C(C)=O)c(OCC)c1.